The molecule has 2 aromatic heterocycles. The number of thiophene rings is 1. The number of nitrogens with zero attached hydrogens (tertiary/aromatic N) is 1. The van der Waals surface area contributed by atoms with Crippen molar-refractivity contribution in [3.05, 3.63) is 114 Å². The van der Waals surface area contributed by atoms with Crippen LogP contribution in [0.2, 0.25) is 0 Å². The molecule has 0 bridgehead atoms. The molecule has 0 unspecified atom stereocenters. The summed E-state index contributed by atoms with van der Waals surface area (Å²) in [6.45, 7) is 6.95. The van der Waals surface area contributed by atoms with Crippen LogP contribution in [0.4, 0.5) is 0 Å². The van der Waals surface area contributed by atoms with Gasteiger partial charge in [-0.2, -0.15) is 0 Å². The Morgan fingerprint density at radius 3 is 2.34 bits per heavy atom. The smallest absolute Gasteiger partial charge is 0.0711 e. The summed E-state index contributed by atoms with van der Waals surface area (Å²) in [5, 5.41) is 3.92. The fourth-order valence-corrected chi connectivity index (χ4v) is 7.23. The summed E-state index contributed by atoms with van der Waals surface area (Å²) in [6, 6.07) is 33.2. The number of rotatable bonds is 2. The molecule has 0 amide bonds. The Bertz CT molecular complexity index is 1790. The maximum absolute atomic E-state index is 4.94. The Labute approximate surface area is 209 Å². The van der Waals surface area contributed by atoms with Gasteiger partial charge in [0.1, 0.15) is 0 Å². The second-order valence-corrected chi connectivity index (χ2v) is 11.1. The van der Waals surface area contributed by atoms with E-state index in [9.17, 15) is 0 Å². The lowest BCUT2D eigenvalue weighted by atomic mass is 9.78. The number of aromatic nitrogens is 1. The molecule has 0 saturated carbocycles. The van der Waals surface area contributed by atoms with Gasteiger partial charge in [-0.05, 0) is 80.7 Å². The van der Waals surface area contributed by atoms with E-state index in [4.69, 9.17) is 4.98 Å². The summed E-state index contributed by atoms with van der Waals surface area (Å²) in [7, 11) is 0. The number of benzene rings is 4. The van der Waals surface area contributed by atoms with Gasteiger partial charge in [-0.15, -0.1) is 11.3 Å². The first kappa shape index (κ1) is 20.6. The minimum absolute atomic E-state index is 0.101. The molecule has 0 spiro atoms. The van der Waals surface area contributed by atoms with E-state index >= 15 is 0 Å². The van der Waals surface area contributed by atoms with Gasteiger partial charge >= 0.3 is 0 Å². The Morgan fingerprint density at radius 1 is 0.743 bits per heavy atom. The van der Waals surface area contributed by atoms with Crippen molar-refractivity contribution in [3.63, 3.8) is 0 Å². The van der Waals surface area contributed by atoms with Gasteiger partial charge in [-0.25, -0.2) is 0 Å². The van der Waals surface area contributed by atoms with Crippen molar-refractivity contribution in [3.8, 4) is 32.8 Å². The molecule has 4 aromatic carbocycles. The van der Waals surface area contributed by atoms with Gasteiger partial charge in [0.05, 0.1) is 5.69 Å². The second kappa shape index (κ2) is 7.37. The molecule has 168 valence electrons. The van der Waals surface area contributed by atoms with Crippen molar-refractivity contribution >= 4 is 32.2 Å². The standard InChI is InChI=1S/C33H25NS/c1-20-23-11-7-9-15-29(23)35-32(20)22-16-17-34-28(19-22)26-18-21-10-4-5-12-24(21)30-25-13-6-8-14-27(25)33(2,3)31(26)30/h4-19H,1-3H3. The van der Waals surface area contributed by atoms with Crippen LogP contribution in [0.1, 0.15) is 30.5 Å². The monoisotopic (exact) mass is 467 g/mol. The normalized spacial score (nSPS) is 13.8. The van der Waals surface area contributed by atoms with Crippen molar-refractivity contribution in [2.45, 2.75) is 26.2 Å². The van der Waals surface area contributed by atoms with Crippen LogP contribution in [0, 0.1) is 6.92 Å². The second-order valence-electron chi connectivity index (χ2n) is 10.0. The molecule has 1 aliphatic carbocycles. The molecule has 0 fully saturated rings. The third kappa shape index (κ3) is 2.90. The molecule has 0 atom stereocenters. The average Bonchev–Trinajstić information content (AvgIpc) is 3.36. The lowest BCUT2D eigenvalue weighted by Crippen LogP contribution is -2.16. The minimum atomic E-state index is -0.101. The van der Waals surface area contributed by atoms with Crippen LogP contribution in [-0.2, 0) is 5.41 Å². The van der Waals surface area contributed by atoms with E-state index in [-0.39, 0.29) is 5.41 Å². The van der Waals surface area contributed by atoms with E-state index in [0.29, 0.717) is 0 Å². The summed E-state index contributed by atoms with van der Waals surface area (Å²) in [6.07, 6.45) is 1.98. The molecule has 6 aromatic rings. The summed E-state index contributed by atoms with van der Waals surface area (Å²) in [5.74, 6) is 0. The first-order chi connectivity index (χ1) is 17.0. The van der Waals surface area contributed by atoms with Crippen LogP contribution in [0.5, 0.6) is 0 Å². The van der Waals surface area contributed by atoms with Gasteiger partial charge in [-0.1, -0.05) is 80.6 Å². The highest BCUT2D eigenvalue weighted by Crippen LogP contribution is 2.54. The van der Waals surface area contributed by atoms with Gasteiger partial charge in [0.2, 0.25) is 0 Å². The molecule has 7 rings (SSSR count). The first-order valence-corrected chi connectivity index (χ1v) is 13.0. The van der Waals surface area contributed by atoms with Crippen molar-refractivity contribution in [2.24, 2.45) is 0 Å². The molecule has 1 nitrogen and oxygen atoms in total. The van der Waals surface area contributed by atoms with E-state index < -0.39 is 0 Å². The predicted octanol–water partition coefficient (Wildman–Crippen LogP) is 9.40. The zero-order chi connectivity index (χ0) is 23.7. The third-order valence-electron chi connectivity index (χ3n) is 7.69. The van der Waals surface area contributed by atoms with E-state index in [0.717, 1.165) is 5.69 Å². The average molecular weight is 468 g/mol. The van der Waals surface area contributed by atoms with Gasteiger partial charge in [0.25, 0.3) is 0 Å². The summed E-state index contributed by atoms with van der Waals surface area (Å²) in [4.78, 5) is 6.26. The summed E-state index contributed by atoms with van der Waals surface area (Å²) >= 11 is 1.87. The Balaban J connectivity index is 1.51. The largest absolute Gasteiger partial charge is 0.256 e. The van der Waals surface area contributed by atoms with Gasteiger partial charge in [0, 0.05) is 26.8 Å². The Morgan fingerprint density at radius 2 is 1.49 bits per heavy atom. The predicted molar refractivity (Wildman–Crippen MR) is 150 cm³/mol. The fraction of sp³-hybridized carbons (Fsp3) is 0.121. The Kier molecular flexibility index (Phi) is 4.34. The van der Waals surface area contributed by atoms with Crippen molar-refractivity contribution in [2.75, 3.05) is 0 Å². The van der Waals surface area contributed by atoms with E-state index in [1.165, 1.54) is 64.7 Å². The molecule has 1 aliphatic rings. The number of aryl methyl sites for hydroxylation is 1. The van der Waals surface area contributed by atoms with Gasteiger partial charge < -0.3 is 0 Å². The van der Waals surface area contributed by atoms with Crippen LogP contribution in [0.15, 0.2) is 97.2 Å². The molecule has 0 N–H and O–H groups in total. The lowest BCUT2D eigenvalue weighted by molar-refractivity contribution is 0.662. The maximum Gasteiger partial charge on any atom is 0.0711 e. The van der Waals surface area contributed by atoms with Crippen molar-refractivity contribution in [1.29, 1.82) is 0 Å². The molecule has 0 aliphatic heterocycles. The molecule has 0 saturated heterocycles. The summed E-state index contributed by atoms with van der Waals surface area (Å²) in [5.41, 5.74) is 10.3. The van der Waals surface area contributed by atoms with Crippen molar-refractivity contribution in [1.82, 2.24) is 4.98 Å². The van der Waals surface area contributed by atoms with E-state index in [2.05, 4.69) is 112 Å². The number of hydrogen-bond acceptors (Lipinski definition) is 2. The van der Waals surface area contributed by atoms with Gasteiger partial charge in [0.15, 0.2) is 0 Å². The Hall–Kier alpha value is -3.75. The molecular formula is C33H25NS. The van der Waals surface area contributed by atoms with E-state index in [1.54, 1.807) is 0 Å². The van der Waals surface area contributed by atoms with Crippen LogP contribution in [0.25, 0.3) is 53.7 Å². The fourth-order valence-electron chi connectivity index (χ4n) is 6.03. The van der Waals surface area contributed by atoms with E-state index in [1.807, 2.05) is 17.5 Å². The third-order valence-corrected chi connectivity index (χ3v) is 9.01. The number of pyridine rings is 1. The number of hydrogen-bond donors (Lipinski definition) is 0. The van der Waals surface area contributed by atoms with Gasteiger partial charge in [-0.3, -0.25) is 4.98 Å². The summed E-state index contributed by atoms with van der Waals surface area (Å²) < 4.78 is 1.33. The zero-order valence-corrected chi connectivity index (χ0v) is 20.9. The van der Waals surface area contributed by atoms with Crippen LogP contribution in [0.3, 0.4) is 0 Å². The highest BCUT2D eigenvalue weighted by molar-refractivity contribution is 7.22. The topological polar surface area (TPSA) is 12.9 Å². The van der Waals surface area contributed by atoms with Crippen LogP contribution >= 0.6 is 11.3 Å². The molecule has 2 heterocycles. The lowest BCUT2D eigenvalue weighted by Gasteiger charge is -2.25. The highest BCUT2D eigenvalue weighted by Gasteiger charge is 2.38. The quantitative estimate of drug-likeness (QED) is 0.247. The number of fused-ring (bicyclic) bond motifs is 6. The zero-order valence-electron chi connectivity index (χ0n) is 20.1. The molecule has 35 heavy (non-hydrogen) atoms. The maximum atomic E-state index is 4.94. The van der Waals surface area contributed by atoms with Crippen LogP contribution < -0.4 is 0 Å². The van der Waals surface area contributed by atoms with Crippen molar-refractivity contribution < 1.29 is 0 Å². The van der Waals surface area contributed by atoms with Crippen LogP contribution in [-0.4, -0.2) is 4.98 Å². The molecule has 2 heteroatoms. The molecular weight excluding hydrogens is 442 g/mol. The highest BCUT2D eigenvalue weighted by atomic mass is 32.1. The first-order valence-electron chi connectivity index (χ1n) is 12.1. The SMILES string of the molecule is Cc1c(-c2ccnc(-c3cc4ccccc4c4c3C(C)(C)c3ccccc3-4)c2)sc2ccccc12. The molecule has 0 radical (unpaired) electrons. The minimum Gasteiger partial charge on any atom is -0.256 e.